The van der Waals surface area contributed by atoms with Gasteiger partial charge >= 0.3 is 0 Å². The van der Waals surface area contributed by atoms with E-state index in [0.717, 1.165) is 25.8 Å². The van der Waals surface area contributed by atoms with Crippen molar-refractivity contribution in [3.05, 3.63) is 35.9 Å². The van der Waals surface area contributed by atoms with Gasteiger partial charge in [-0.3, -0.25) is 14.5 Å². The minimum absolute atomic E-state index is 0.0847. The third-order valence-electron chi connectivity index (χ3n) is 5.78. The Hall–Kier alpha value is -1.88. The average molecular weight is 343 g/mol. The fourth-order valence-electron chi connectivity index (χ4n) is 4.25. The van der Waals surface area contributed by atoms with Crippen LogP contribution in [-0.2, 0) is 16.0 Å². The van der Waals surface area contributed by atoms with Crippen LogP contribution in [0.5, 0.6) is 0 Å². The summed E-state index contributed by atoms with van der Waals surface area (Å²) < 4.78 is 0. The Morgan fingerprint density at radius 1 is 1.24 bits per heavy atom. The number of nitrogens with zero attached hydrogens (tertiary/aromatic N) is 2. The van der Waals surface area contributed by atoms with Crippen molar-refractivity contribution < 1.29 is 9.59 Å². The highest BCUT2D eigenvalue weighted by molar-refractivity contribution is 5.78. The van der Waals surface area contributed by atoms with Crippen LogP contribution in [-0.4, -0.2) is 61.4 Å². The maximum Gasteiger partial charge on any atom is 0.234 e. The van der Waals surface area contributed by atoms with E-state index in [1.807, 2.05) is 37.2 Å². The van der Waals surface area contributed by atoms with Gasteiger partial charge in [-0.05, 0) is 43.7 Å². The number of likely N-dealkylation sites (tertiary alicyclic amines) is 1. The molecule has 1 heterocycles. The molecule has 1 saturated carbocycles. The molecule has 1 aromatic carbocycles. The molecule has 0 aromatic heterocycles. The summed E-state index contributed by atoms with van der Waals surface area (Å²) in [6.07, 6.45) is 3.67. The van der Waals surface area contributed by atoms with Crippen LogP contribution in [0, 0.1) is 11.8 Å². The number of likely N-dealkylation sites (N-methyl/N-ethyl adjacent to an activating group) is 1. The van der Waals surface area contributed by atoms with Crippen molar-refractivity contribution in [3.63, 3.8) is 0 Å². The van der Waals surface area contributed by atoms with Crippen molar-refractivity contribution in [3.8, 4) is 0 Å². The van der Waals surface area contributed by atoms with Crippen LogP contribution in [0.1, 0.15) is 24.8 Å². The first-order chi connectivity index (χ1) is 12.0. The number of amides is 2. The van der Waals surface area contributed by atoms with Crippen LogP contribution < -0.4 is 5.32 Å². The quantitative estimate of drug-likeness (QED) is 0.852. The summed E-state index contributed by atoms with van der Waals surface area (Å²) >= 11 is 0. The first kappa shape index (κ1) is 17.9. The van der Waals surface area contributed by atoms with Crippen LogP contribution in [0.3, 0.4) is 0 Å². The second-order valence-corrected chi connectivity index (χ2v) is 7.62. The number of benzene rings is 1. The van der Waals surface area contributed by atoms with Gasteiger partial charge in [0.25, 0.3) is 0 Å². The highest BCUT2D eigenvalue weighted by Crippen LogP contribution is 2.39. The van der Waals surface area contributed by atoms with Gasteiger partial charge in [-0.25, -0.2) is 0 Å². The summed E-state index contributed by atoms with van der Waals surface area (Å²) in [4.78, 5) is 28.1. The highest BCUT2D eigenvalue weighted by Gasteiger charge is 2.41. The fraction of sp³-hybridized carbons (Fsp3) is 0.600. The van der Waals surface area contributed by atoms with Crippen molar-refractivity contribution in [2.75, 3.05) is 33.7 Å². The Kier molecular flexibility index (Phi) is 5.74. The van der Waals surface area contributed by atoms with E-state index >= 15 is 0 Å². The van der Waals surface area contributed by atoms with Crippen molar-refractivity contribution in [1.29, 1.82) is 0 Å². The summed E-state index contributed by atoms with van der Waals surface area (Å²) in [5, 5.41) is 3.02. The molecule has 3 atom stereocenters. The molecule has 1 saturated heterocycles. The van der Waals surface area contributed by atoms with Gasteiger partial charge in [0.05, 0.1) is 6.54 Å². The minimum atomic E-state index is 0.0847. The maximum atomic E-state index is 12.2. The molecular formula is C20H29N3O2. The molecule has 0 radical (unpaired) electrons. The normalized spacial score (nSPS) is 26.0. The number of carbonyl (C=O) groups is 2. The molecule has 0 unspecified atom stereocenters. The third-order valence-corrected chi connectivity index (χ3v) is 5.78. The minimum Gasteiger partial charge on any atom is -0.355 e. The Morgan fingerprint density at radius 2 is 1.96 bits per heavy atom. The molecule has 5 heteroatoms. The molecule has 5 nitrogen and oxygen atoms in total. The average Bonchev–Trinajstić information content (AvgIpc) is 2.99. The van der Waals surface area contributed by atoms with Gasteiger partial charge in [0.15, 0.2) is 0 Å². The van der Waals surface area contributed by atoms with Crippen LogP contribution in [0.15, 0.2) is 30.3 Å². The number of piperidine rings is 1. The summed E-state index contributed by atoms with van der Waals surface area (Å²) in [5.74, 6) is 1.44. The molecule has 3 rings (SSSR count). The lowest BCUT2D eigenvalue weighted by Gasteiger charge is -2.31. The van der Waals surface area contributed by atoms with Crippen LogP contribution in [0.2, 0.25) is 0 Å². The molecule has 1 aliphatic carbocycles. The molecule has 0 spiro atoms. The van der Waals surface area contributed by atoms with E-state index in [-0.39, 0.29) is 11.8 Å². The van der Waals surface area contributed by atoms with E-state index in [0.29, 0.717) is 37.4 Å². The molecule has 2 aliphatic rings. The van der Waals surface area contributed by atoms with Gasteiger partial charge in [0, 0.05) is 32.6 Å². The van der Waals surface area contributed by atoms with E-state index in [9.17, 15) is 9.59 Å². The zero-order valence-electron chi connectivity index (χ0n) is 15.3. The number of carbonyl (C=O) groups excluding carboxylic acids is 2. The van der Waals surface area contributed by atoms with Crippen LogP contribution >= 0.6 is 0 Å². The number of fused-ring (bicyclic) bond motifs is 1. The Bertz CT molecular complexity index is 604. The zero-order valence-corrected chi connectivity index (χ0v) is 15.3. The molecule has 2 fully saturated rings. The van der Waals surface area contributed by atoms with Gasteiger partial charge in [-0.2, -0.15) is 0 Å². The van der Waals surface area contributed by atoms with E-state index in [2.05, 4.69) is 22.3 Å². The summed E-state index contributed by atoms with van der Waals surface area (Å²) in [6.45, 7) is 1.98. The molecular weight excluding hydrogens is 314 g/mol. The van der Waals surface area contributed by atoms with Crippen molar-refractivity contribution in [2.24, 2.45) is 11.8 Å². The molecule has 2 amide bonds. The predicted molar refractivity (Wildman–Crippen MR) is 98.0 cm³/mol. The molecule has 1 aliphatic heterocycles. The van der Waals surface area contributed by atoms with Gasteiger partial charge < -0.3 is 10.2 Å². The lowest BCUT2D eigenvalue weighted by molar-refractivity contribution is -0.135. The lowest BCUT2D eigenvalue weighted by Crippen LogP contribution is -2.40. The summed E-state index contributed by atoms with van der Waals surface area (Å²) in [7, 11) is 3.93. The van der Waals surface area contributed by atoms with Gasteiger partial charge in [0.2, 0.25) is 11.8 Å². The molecule has 25 heavy (non-hydrogen) atoms. The predicted octanol–water partition coefficient (Wildman–Crippen LogP) is 1.53. The van der Waals surface area contributed by atoms with Gasteiger partial charge in [-0.15, -0.1) is 0 Å². The summed E-state index contributed by atoms with van der Waals surface area (Å²) in [6, 6.07) is 10.6. The third kappa shape index (κ3) is 4.60. The Morgan fingerprint density at radius 3 is 2.72 bits per heavy atom. The second kappa shape index (κ2) is 8.00. The second-order valence-electron chi connectivity index (χ2n) is 7.62. The molecule has 1 N–H and O–H groups in total. The lowest BCUT2D eigenvalue weighted by atomic mass is 9.88. The van der Waals surface area contributed by atoms with E-state index in [1.54, 1.807) is 0 Å². The smallest absolute Gasteiger partial charge is 0.234 e. The number of nitrogens with one attached hydrogen (secondary N) is 1. The van der Waals surface area contributed by atoms with Crippen molar-refractivity contribution >= 4 is 11.8 Å². The van der Waals surface area contributed by atoms with Crippen molar-refractivity contribution in [2.45, 2.75) is 31.7 Å². The highest BCUT2D eigenvalue weighted by atomic mass is 16.2. The number of hydrogen-bond donors (Lipinski definition) is 1. The molecule has 0 bridgehead atoms. The standard InChI is InChI=1S/C20H29N3O2/c1-22(14-19(24)21-9-8-15-6-4-3-5-7-15)18-10-16-12-20(25)23(2)13-17(16)11-18/h3-7,16-18H,8-14H2,1-2H3,(H,21,24)/t16-,17+,18-/m1/s1. The van der Waals surface area contributed by atoms with Gasteiger partial charge in [-0.1, -0.05) is 30.3 Å². The first-order valence-corrected chi connectivity index (χ1v) is 9.27. The molecule has 1 aromatic rings. The monoisotopic (exact) mass is 343 g/mol. The number of hydrogen-bond acceptors (Lipinski definition) is 3. The number of rotatable bonds is 6. The van der Waals surface area contributed by atoms with E-state index < -0.39 is 0 Å². The topological polar surface area (TPSA) is 52.6 Å². The zero-order chi connectivity index (χ0) is 17.8. The van der Waals surface area contributed by atoms with Gasteiger partial charge in [0.1, 0.15) is 0 Å². The van der Waals surface area contributed by atoms with Crippen molar-refractivity contribution in [1.82, 2.24) is 15.1 Å². The Balaban J connectivity index is 1.41. The van der Waals surface area contributed by atoms with Crippen LogP contribution in [0.4, 0.5) is 0 Å². The van der Waals surface area contributed by atoms with E-state index in [4.69, 9.17) is 0 Å². The maximum absolute atomic E-state index is 12.2. The summed E-state index contributed by atoms with van der Waals surface area (Å²) in [5.41, 5.74) is 1.24. The molecule has 136 valence electrons. The van der Waals surface area contributed by atoms with Crippen LogP contribution in [0.25, 0.3) is 0 Å². The SMILES string of the molecule is CN1C[C@@H]2C[C@H](N(C)CC(=O)NCCc3ccccc3)C[C@@H]2CC1=O. The first-order valence-electron chi connectivity index (χ1n) is 9.27. The Labute approximate surface area is 150 Å². The van der Waals surface area contributed by atoms with E-state index in [1.165, 1.54) is 5.56 Å². The fourth-order valence-corrected chi connectivity index (χ4v) is 4.25. The largest absolute Gasteiger partial charge is 0.355 e.